The summed E-state index contributed by atoms with van der Waals surface area (Å²) in [6.07, 6.45) is -0.0294. The highest BCUT2D eigenvalue weighted by Gasteiger charge is 2.42. The van der Waals surface area contributed by atoms with Gasteiger partial charge in [0.15, 0.2) is 6.04 Å². The van der Waals surface area contributed by atoms with Crippen molar-refractivity contribution in [2.75, 3.05) is 13.1 Å². The van der Waals surface area contributed by atoms with Crippen molar-refractivity contribution >= 4 is 34.5 Å². The smallest absolute Gasteiger partial charge is 0.279 e. The van der Waals surface area contributed by atoms with Crippen molar-refractivity contribution in [3.63, 3.8) is 0 Å². The van der Waals surface area contributed by atoms with E-state index in [1.54, 1.807) is 18.2 Å². The zero-order valence-corrected chi connectivity index (χ0v) is 26.6. The number of aromatic nitrogens is 1. The second-order valence-corrected chi connectivity index (χ2v) is 13.1. The molecule has 2 heterocycles. The highest BCUT2D eigenvalue weighted by molar-refractivity contribution is 5.99. The Morgan fingerprint density at radius 2 is 1.70 bits per heavy atom. The summed E-state index contributed by atoms with van der Waals surface area (Å²) in [5, 5.41) is 34.8. The van der Waals surface area contributed by atoms with Gasteiger partial charge in [0.25, 0.3) is 11.8 Å². The number of pyridine rings is 1. The van der Waals surface area contributed by atoms with Gasteiger partial charge in [-0.25, -0.2) is 4.98 Å². The minimum atomic E-state index is -1.38. The van der Waals surface area contributed by atoms with Crippen LogP contribution in [0.25, 0.3) is 10.9 Å². The maximum Gasteiger partial charge on any atom is 0.279 e. The lowest BCUT2D eigenvalue weighted by molar-refractivity contribution is -0.904. The lowest BCUT2D eigenvalue weighted by Gasteiger charge is -2.52. The fraction of sp³-hybridized carbons (Fsp3) is 0.441. The van der Waals surface area contributed by atoms with Crippen LogP contribution in [0.4, 0.5) is 0 Å². The zero-order valence-electron chi connectivity index (χ0n) is 26.6. The van der Waals surface area contributed by atoms with Gasteiger partial charge in [-0.1, -0.05) is 54.6 Å². The molecule has 1 fully saturated rings. The van der Waals surface area contributed by atoms with Crippen molar-refractivity contribution in [1.82, 2.24) is 20.9 Å². The van der Waals surface area contributed by atoms with E-state index in [0.717, 1.165) is 10.9 Å². The Labute approximate surface area is 268 Å². The highest BCUT2D eigenvalue weighted by Crippen LogP contribution is 2.27. The third-order valence-corrected chi connectivity index (χ3v) is 8.08. The number of carbonyl (C=O) groups is 4. The Balaban J connectivity index is 1.55. The van der Waals surface area contributed by atoms with Gasteiger partial charge < -0.3 is 36.6 Å². The van der Waals surface area contributed by atoms with E-state index >= 15 is 0 Å². The van der Waals surface area contributed by atoms with E-state index in [2.05, 4.69) is 20.9 Å². The molecular formula is C34H44N6O6. The number of hydrogen-bond donors (Lipinski definition) is 5. The third-order valence-electron chi connectivity index (χ3n) is 8.08. The minimum Gasteiger partial charge on any atom is -0.632 e. The summed E-state index contributed by atoms with van der Waals surface area (Å²) in [7, 11) is 0. The van der Waals surface area contributed by atoms with E-state index in [9.17, 15) is 29.5 Å². The second kappa shape index (κ2) is 14.8. The van der Waals surface area contributed by atoms with E-state index in [-0.39, 0.29) is 31.1 Å². The lowest BCUT2D eigenvalue weighted by atomic mass is 9.95. The van der Waals surface area contributed by atoms with Gasteiger partial charge in [0.2, 0.25) is 11.8 Å². The molecule has 0 saturated carbocycles. The van der Waals surface area contributed by atoms with Crippen LogP contribution in [0.1, 0.15) is 62.5 Å². The molecule has 46 heavy (non-hydrogen) atoms. The molecule has 4 rings (SSSR count). The number of nitrogens with zero attached hydrogens (tertiary/aromatic N) is 2. The van der Waals surface area contributed by atoms with E-state index in [0.29, 0.717) is 24.8 Å². The summed E-state index contributed by atoms with van der Waals surface area (Å²) in [5.74, 6) is -2.63. The second-order valence-electron chi connectivity index (χ2n) is 13.1. The highest BCUT2D eigenvalue weighted by atomic mass is 16.6. The average Bonchev–Trinajstić information content (AvgIpc) is 2.99. The Hall–Kier alpha value is -4.39. The van der Waals surface area contributed by atoms with Crippen molar-refractivity contribution in [2.24, 2.45) is 5.73 Å². The Morgan fingerprint density at radius 1 is 1.00 bits per heavy atom. The predicted molar refractivity (Wildman–Crippen MR) is 174 cm³/mol. The average molecular weight is 633 g/mol. The number of primary amides is 1. The number of carbonyl (C=O) groups excluding carboxylic acids is 4. The van der Waals surface area contributed by atoms with E-state index < -0.39 is 58.6 Å². The summed E-state index contributed by atoms with van der Waals surface area (Å²) >= 11 is 0. The van der Waals surface area contributed by atoms with Crippen LogP contribution >= 0.6 is 0 Å². The molecule has 1 aromatic heterocycles. The molecule has 5 atom stereocenters. The number of piperidine rings is 1. The number of nitrogens with two attached hydrogens (primary N) is 1. The molecule has 1 saturated heterocycles. The van der Waals surface area contributed by atoms with Crippen LogP contribution in [-0.2, 0) is 20.8 Å². The number of hydroxylamine groups is 3. The molecule has 0 bridgehead atoms. The molecule has 1 aliphatic rings. The number of benzene rings is 2. The number of hydrogen-bond acceptors (Lipinski definition) is 7. The maximum atomic E-state index is 14.2. The van der Waals surface area contributed by atoms with E-state index in [4.69, 9.17) is 5.73 Å². The van der Waals surface area contributed by atoms with Crippen molar-refractivity contribution in [3.05, 3.63) is 83.2 Å². The number of nitrogens with one attached hydrogen (secondary N) is 3. The number of quaternary nitrogens is 1. The van der Waals surface area contributed by atoms with Gasteiger partial charge in [-0.3, -0.25) is 19.2 Å². The van der Waals surface area contributed by atoms with Crippen LogP contribution in [-0.4, -0.2) is 81.2 Å². The van der Waals surface area contributed by atoms with Crippen molar-refractivity contribution in [3.8, 4) is 0 Å². The Kier molecular flexibility index (Phi) is 11.1. The third kappa shape index (κ3) is 9.32. The number of amides is 4. The van der Waals surface area contributed by atoms with Crippen LogP contribution in [0.3, 0.4) is 0 Å². The lowest BCUT2D eigenvalue weighted by Crippen LogP contribution is -2.65. The summed E-state index contributed by atoms with van der Waals surface area (Å²) in [5.41, 5.74) is 6.31. The van der Waals surface area contributed by atoms with Gasteiger partial charge in [0.05, 0.1) is 24.5 Å². The first-order valence-corrected chi connectivity index (χ1v) is 15.6. The number of likely N-dealkylation sites (tertiary alicyclic amines) is 1. The molecule has 6 N–H and O–H groups in total. The molecule has 1 aliphatic heterocycles. The van der Waals surface area contributed by atoms with Gasteiger partial charge in [0, 0.05) is 17.3 Å². The monoisotopic (exact) mass is 632 g/mol. The van der Waals surface area contributed by atoms with E-state index in [1.807, 2.05) is 63.2 Å². The van der Waals surface area contributed by atoms with Crippen LogP contribution in [0.5, 0.6) is 0 Å². The number of rotatable bonds is 12. The quantitative estimate of drug-likeness (QED) is 0.149. The number of para-hydroxylation sites is 1. The largest absolute Gasteiger partial charge is 0.632 e. The molecule has 12 heteroatoms. The first-order chi connectivity index (χ1) is 21.7. The Bertz CT molecular complexity index is 1540. The number of fused-ring (bicyclic) bond motifs is 1. The first-order valence-electron chi connectivity index (χ1n) is 15.6. The molecule has 3 aromatic rings. The van der Waals surface area contributed by atoms with Crippen LogP contribution in [0.15, 0.2) is 66.7 Å². The summed E-state index contributed by atoms with van der Waals surface area (Å²) in [6, 6.07) is 16.3. The van der Waals surface area contributed by atoms with Gasteiger partial charge >= 0.3 is 0 Å². The summed E-state index contributed by atoms with van der Waals surface area (Å²) < 4.78 is -0.931. The predicted octanol–water partition coefficient (Wildman–Crippen LogP) is 2.08. The van der Waals surface area contributed by atoms with Crippen molar-refractivity contribution in [1.29, 1.82) is 0 Å². The molecule has 4 amide bonds. The minimum absolute atomic E-state index is 0.0457. The van der Waals surface area contributed by atoms with Crippen LogP contribution in [0, 0.1) is 5.21 Å². The molecule has 2 unspecified atom stereocenters. The Morgan fingerprint density at radius 3 is 2.39 bits per heavy atom. The van der Waals surface area contributed by atoms with Gasteiger partial charge in [-0.05, 0) is 57.7 Å². The van der Waals surface area contributed by atoms with Gasteiger partial charge in [-0.2, -0.15) is 0 Å². The standard InChI is InChI=1S/C34H44N6O6/c1-34(2,3)39-33(45)28-15-9-10-18-40(28,46)21-29(41)26(19-22-11-5-4-6-12-22)37-32(44)27(20-30(35)42)38-31(43)25-17-16-23-13-7-8-14-24(23)36-25/h4-8,11-14,16-17,26-29,41H,9-10,15,18-21H2,1-3H3,(H2,35,42)(H,37,44)(H,38,43)(H,39,45)/t26-,27-,28?,29+,40?/m0/s1. The summed E-state index contributed by atoms with van der Waals surface area (Å²) in [4.78, 5) is 56.3. The molecule has 246 valence electrons. The molecule has 0 spiro atoms. The fourth-order valence-electron chi connectivity index (χ4n) is 5.84. The molecule has 0 aliphatic carbocycles. The molecule has 2 aromatic carbocycles. The van der Waals surface area contributed by atoms with Gasteiger partial charge in [0.1, 0.15) is 24.4 Å². The summed E-state index contributed by atoms with van der Waals surface area (Å²) in [6.45, 7) is 5.32. The fourth-order valence-corrected chi connectivity index (χ4v) is 5.84. The molecule has 0 radical (unpaired) electrons. The maximum absolute atomic E-state index is 14.2. The topological polar surface area (TPSA) is 187 Å². The molecular weight excluding hydrogens is 588 g/mol. The first kappa shape index (κ1) is 34.5. The normalized spacial score (nSPS) is 20.2. The number of aliphatic hydroxyl groups is 1. The van der Waals surface area contributed by atoms with Crippen LogP contribution in [0.2, 0.25) is 0 Å². The molecule has 12 nitrogen and oxygen atoms in total. The van der Waals surface area contributed by atoms with Crippen molar-refractivity contribution < 1.29 is 28.9 Å². The van der Waals surface area contributed by atoms with Crippen molar-refractivity contribution in [2.45, 2.75) is 82.6 Å². The van der Waals surface area contributed by atoms with Gasteiger partial charge in [-0.15, -0.1) is 0 Å². The SMILES string of the molecule is CC(C)(C)NC(=O)C1CCCC[N+]1([O-])C[C@@H](O)[C@H](Cc1ccccc1)NC(=O)[C@H](CC(N)=O)NC(=O)c1ccc2ccccc2n1. The zero-order chi connectivity index (χ0) is 33.5. The van der Waals surface area contributed by atoms with E-state index in [1.165, 1.54) is 6.07 Å². The van der Waals surface area contributed by atoms with Crippen LogP contribution < -0.4 is 21.7 Å². The number of aliphatic hydroxyl groups excluding tert-OH is 1.